The highest BCUT2D eigenvalue weighted by atomic mass is 16.5. The Kier molecular flexibility index (Phi) is 4.96. The Balaban J connectivity index is 1.85. The molecule has 0 bridgehead atoms. The van der Waals surface area contributed by atoms with E-state index in [0.29, 0.717) is 12.3 Å². The topological polar surface area (TPSA) is 69.4 Å². The monoisotopic (exact) mass is 384 g/mol. The molecule has 0 saturated heterocycles. The van der Waals surface area contributed by atoms with E-state index in [1.807, 2.05) is 54.8 Å². The minimum Gasteiger partial charge on any atom is -0.461 e. The normalized spacial score (nSPS) is 12.4. The van der Waals surface area contributed by atoms with Crippen LogP contribution in [0.25, 0.3) is 5.69 Å². The van der Waals surface area contributed by atoms with Gasteiger partial charge in [0.05, 0.1) is 35.9 Å². The van der Waals surface area contributed by atoms with E-state index in [1.54, 1.807) is 12.5 Å². The van der Waals surface area contributed by atoms with Crippen LogP contribution in [0.3, 0.4) is 0 Å². The van der Waals surface area contributed by atoms with Crippen molar-refractivity contribution in [1.29, 1.82) is 0 Å². The van der Waals surface area contributed by atoms with E-state index < -0.39 is 5.97 Å². The first-order valence-corrected chi connectivity index (χ1v) is 9.39. The zero-order valence-corrected chi connectivity index (χ0v) is 16.3. The lowest BCUT2D eigenvalue weighted by Gasteiger charge is -2.12. The number of nitrogens with zero attached hydrogens (tertiary/aromatic N) is 4. The summed E-state index contributed by atoms with van der Waals surface area (Å²) in [6.45, 7) is 4.60. The van der Waals surface area contributed by atoms with Crippen LogP contribution < -0.4 is 0 Å². The van der Waals surface area contributed by atoms with E-state index in [2.05, 4.69) is 15.9 Å². The number of ether oxygens (including phenoxy) is 1. The van der Waals surface area contributed by atoms with Crippen LogP contribution in [-0.2, 0) is 11.3 Å². The molecule has 1 aromatic carbocycles. The number of terminal acetylenes is 1. The molecule has 0 saturated carbocycles. The Bertz CT molecular complexity index is 1140. The van der Waals surface area contributed by atoms with E-state index in [1.165, 1.54) is 0 Å². The zero-order chi connectivity index (χ0) is 20.4. The Labute approximate surface area is 169 Å². The van der Waals surface area contributed by atoms with E-state index in [4.69, 9.17) is 16.2 Å². The average Bonchev–Trinajstić information content (AvgIpc) is 3.09. The van der Waals surface area contributed by atoms with Gasteiger partial charge in [0.25, 0.3) is 0 Å². The molecule has 0 fully saturated rings. The molecule has 144 valence electrons. The standard InChI is InChI=1S/C23H20N4O2/c1-4-16-8-9-19-17(11-16)21(18-7-5-6-10-24-18)25-12-20-22(26-14-27(19)20)23(28)29-13-15(2)3/h1,5-11,14-15H,12-13H2,2-3H3. The van der Waals surface area contributed by atoms with Crippen molar-refractivity contribution in [3.63, 3.8) is 0 Å². The molecule has 3 aromatic rings. The Hall–Kier alpha value is -3.72. The molecule has 0 atom stereocenters. The van der Waals surface area contributed by atoms with Crippen LogP contribution in [0, 0.1) is 18.3 Å². The van der Waals surface area contributed by atoms with Crippen LogP contribution in [0.15, 0.2) is 53.9 Å². The van der Waals surface area contributed by atoms with Crippen molar-refractivity contribution in [2.24, 2.45) is 10.9 Å². The summed E-state index contributed by atoms with van der Waals surface area (Å²) in [6, 6.07) is 11.4. The Morgan fingerprint density at radius 2 is 2.14 bits per heavy atom. The molecule has 0 N–H and O–H groups in total. The molecular formula is C23H20N4O2. The maximum Gasteiger partial charge on any atom is 0.358 e. The van der Waals surface area contributed by atoms with Crippen molar-refractivity contribution in [2.75, 3.05) is 6.61 Å². The number of aromatic nitrogens is 3. The van der Waals surface area contributed by atoms with Gasteiger partial charge in [-0.15, -0.1) is 6.42 Å². The fourth-order valence-corrected chi connectivity index (χ4v) is 3.20. The number of fused-ring (bicyclic) bond motifs is 3. The van der Waals surface area contributed by atoms with E-state index >= 15 is 0 Å². The lowest BCUT2D eigenvalue weighted by Crippen LogP contribution is -2.13. The summed E-state index contributed by atoms with van der Waals surface area (Å²) >= 11 is 0. The third kappa shape index (κ3) is 3.55. The molecule has 4 rings (SSSR count). The van der Waals surface area contributed by atoms with Crippen molar-refractivity contribution in [3.05, 3.63) is 77.1 Å². The molecule has 1 aliphatic rings. The summed E-state index contributed by atoms with van der Waals surface area (Å²) in [6.07, 6.45) is 8.97. The minimum absolute atomic E-state index is 0.247. The number of hydrogen-bond donors (Lipinski definition) is 0. The number of hydrogen-bond acceptors (Lipinski definition) is 5. The van der Waals surface area contributed by atoms with Gasteiger partial charge in [-0.3, -0.25) is 14.5 Å². The minimum atomic E-state index is -0.439. The smallest absolute Gasteiger partial charge is 0.358 e. The lowest BCUT2D eigenvalue weighted by atomic mass is 10.0. The van der Waals surface area contributed by atoms with Gasteiger partial charge in [-0.25, -0.2) is 9.78 Å². The summed E-state index contributed by atoms with van der Waals surface area (Å²) in [7, 11) is 0. The van der Waals surface area contributed by atoms with E-state index in [0.717, 1.165) is 28.2 Å². The molecule has 1 aliphatic heterocycles. The van der Waals surface area contributed by atoms with E-state index in [9.17, 15) is 4.79 Å². The van der Waals surface area contributed by atoms with Crippen LogP contribution in [0.1, 0.15) is 46.9 Å². The number of esters is 1. The second-order valence-electron chi connectivity index (χ2n) is 7.16. The number of benzene rings is 1. The second-order valence-corrected chi connectivity index (χ2v) is 7.16. The van der Waals surface area contributed by atoms with Gasteiger partial charge >= 0.3 is 5.97 Å². The summed E-state index contributed by atoms with van der Waals surface area (Å²) < 4.78 is 7.26. The number of carbonyl (C=O) groups excluding carboxylic acids is 1. The molecule has 0 spiro atoms. The highest BCUT2D eigenvalue weighted by Crippen LogP contribution is 2.27. The van der Waals surface area contributed by atoms with Crippen molar-refractivity contribution < 1.29 is 9.53 Å². The third-order valence-corrected chi connectivity index (χ3v) is 4.58. The van der Waals surface area contributed by atoms with Gasteiger partial charge < -0.3 is 4.74 Å². The molecule has 6 heteroatoms. The summed E-state index contributed by atoms with van der Waals surface area (Å²) in [5, 5.41) is 0. The van der Waals surface area contributed by atoms with Crippen LogP contribution in [-0.4, -0.2) is 32.8 Å². The van der Waals surface area contributed by atoms with Gasteiger partial charge in [0.15, 0.2) is 5.69 Å². The number of rotatable bonds is 4. The second kappa shape index (κ2) is 7.72. The predicted molar refractivity (Wildman–Crippen MR) is 110 cm³/mol. The first-order valence-electron chi connectivity index (χ1n) is 9.39. The Morgan fingerprint density at radius 1 is 1.28 bits per heavy atom. The summed E-state index contributed by atoms with van der Waals surface area (Å²) in [4.78, 5) is 26.1. The van der Waals surface area contributed by atoms with Crippen molar-refractivity contribution >= 4 is 11.7 Å². The third-order valence-electron chi connectivity index (χ3n) is 4.58. The van der Waals surface area contributed by atoms with Gasteiger partial charge in [-0.05, 0) is 36.2 Å². The highest BCUT2D eigenvalue weighted by Gasteiger charge is 2.25. The van der Waals surface area contributed by atoms with Crippen molar-refractivity contribution in [2.45, 2.75) is 20.4 Å². The number of pyridine rings is 1. The molecule has 29 heavy (non-hydrogen) atoms. The van der Waals surface area contributed by atoms with Gasteiger partial charge in [-0.1, -0.05) is 25.8 Å². The maximum absolute atomic E-state index is 12.6. The fourth-order valence-electron chi connectivity index (χ4n) is 3.20. The quantitative estimate of drug-likeness (QED) is 0.511. The van der Waals surface area contributed by atoms with Crippen LogP contribution in [0.4, 0.5) is 0 Å². The first-order chi connectivity index (χ1) is 14.1. The van der Waals surface area contributed by atoms with Gasteiger partial charge in [0, 0.05) is 17.3 Å². The van der Waals surface area contributed by atoms with Crippen LogP contribution in [0.2, 0.25) is 0 Å². The van der Waals surface area contributed by atoms with Crippen LogP contribution >= 0.6 is 0 Å². The number of carbonyl (C=O) groups is 1. The molecular weight excluding hydrogens is 364 g/mol. The first kappa shape index (κ1) is 18.6. The molecule has 3 heterocycles. The van der Waals surface area contributed by atoms with Gasteiger partial charge in [-0.2, -0.15) is 0 Å². The van der Waals surface area contributed by atoms with Crippen LogP contribution in [0.5, 0.6) is 0 Å². The molecule has 0 amide bonds. The molecule has 0 radical (unpaired) electrons. The summed E-state index contributed by atoms with van der Waals surface area (Å²) in [5.74, 6) is 2.48. The number of imidazole rings is 1. The average molecular weight is 384 g/mol. The van der Waals surface area contributed by atoms with Gasteiger partial charge in [0.1, 0.15) is 6.33 Å². The Morgan fingerprint density at radius 3 is 2.86 bits per heavy atom. The number of aliphatic imine (C=N–C) groups is 1. The zero-order valence-electron chi connectivity index (χ0n) is 16.3. The lowest BCUT2D eigenvalue weighted by molar-refractivity contribution is 0.0451. The predicted octanol–water partition coefficient (Wildman–Crippen LogP) is 3.41. The molecule has 6 nitrogen and oxygen atoms in total. The highest BCUT2D eigenvalue weighted by molar-refractivity contribution is 6.14. The molecule has 0 unspecified atom stereocenters. The summed E-state index contributed by atoms with van der Waals surface area (Å²) in [5.41, 5.74) is 4.86. The van der Waals surface area contributed by atoms with Crippen molar-refractivity contribution in [1.82, 2.24) is 14.5 Å². The maximum atomic E-state index is 12.6. The largest absolute Gasteiger partial charge is 0.461 e. The SMILES string of the molecule is C#Cc1ccc2c(c1)C(c1ccccn1)=NCc1c(C(=O)OCC(C)C)ncn1-2. The molecule has 0 aliphatic carbocycles. The van der Waals surface area contributed by atoms with E-state index in [-0.39, 0.29) is 18.2 Å². The molecule has 2 aromatic heterocycles. The fraction of sp³-hybridized carbons (Fsp3) is 0.217. The van der Waals surface area contributed by atoms with Crippen molar-refractivity contribution in [3.8, 4) is 18.0 Å². The van der Waals surface area contributed by atoms with Gasteiger partial charge in [0.2, 0.25) is 0 Å².